The summed E-state index contributed by atoms with van der Waals surface area (Å²) in [4.78, 5) is 41.0. The molecule has 0 bridgehead atoms. The molecule has 1 unspecified atom stereocenters. The molecule has 3 heterocycles. The number of hydrogen-bond donors (Lipinski definition) is 2. The fourth-order valence-electron chi connectivity index (χ4n) is 4.29. The number of piperazine rings is 1. The molecule has 9 nitrogen and oxygen atoms in total. The third-order valence-corrected chi connectivity index (χ3v) is 6.06. The lowest BCUT2D eigenvalue weighted by atomic mass is 10.0. The first-order chi connectivity index (χ1) is 17.6. The Morgan fingerprint density at radius 1 is 1.03 bits per heavy atom. The summed E-state index contributed by atoms with van der Waals surface area (Å²) in [6, 6.07) is 10.8. The van der Waals surface area contributed by atoms with Gasteiger partial charge in [-0.1, -0.05) is 18.2 Å². The summed E-state index contributed by atoms with van der Waals surface area (Å²) >= 11 is 0. The van der Waals surface area contributed by atoms with Crippen molar-refractivity contribution in [1.29, 1.82) is 0 Å². The molecule has 1 aromatic heterocycles. The van der Waals surface area contributed by atoms with Gasteiger partial charge in [-0.15, -0.1) is 10.2 Å². The molecule has 2 aromatic carbocycles. The highest BCUT2D eigenvalue weighted by Crippen LogP contribution is 2.35. The Morgan fingerprint density at radius 2 is 1.78 bits per heavy atom. The number of nitrogens with zero attached hydrogens (tertiary/aromatic N) is 4. The summed E-state index contributed by atoms with van der Waals surface area (Å²) in [5.74, 6) is -2.84. The van der Waals surface area contributed by atoms with Crippen molar-refractivity contribution in [2.45, 2.75) is 12.2 Å². The average Bonchev–Trinajstić information content (AvgIpc) is 2.87. The van der Waals surface area contributed by atoms with E-state index in [9.17, 15) is 31.9 Å². The second-order valence-electron chi connectivity index (χ2n) is 8.42. The topological polar surface area (TPSA) is 108 Å². The molecule has 1 saturated heterocycles. The number of alkyl halides is 3. The Kier molecular flexibility index (Phi) is 5.97. The minimum Gasteiger partial charge on any atom is -0.338 e. The third kappa shape index (κ3) is 4.67. The molecule has 0 spiro atoms. The maximum absolute atomic E-state index is 13.7. The Morgan fingerprint density at radius 3 is 2.51 bits per heavy atom. The number of hydrogen-bond acceptors (Lipinski definition) is 6. The molecular weight excluding hydrogens is 496 g/mol. The molecule has 0 radical (unpaired) electrons. The van der Waals surface area contributed by atoms with Crippen molar-refractivity contribution < 1.29 is 31.9 Å². The van der Waals surface area contributed by atoms with E-state index < -0.39 is 46.9 Å². The maximum atomic E-state index is 13.7. The van der Waals surface area contributed by atoms with Gasteiger partial charge in [0.2, 0.25) is 5.91 Å². The van der Waals surface area contributed by atoms with Crippen LogP contribution in [0.1, 0.15) is 26.4 Å². The molecule has 190 valence electrons. The monoisotopic (exact) mass is 514 g/mol. The van der Waals surface area contributed by atoms with Crippen LogP contribution in [0, 0.1) is 5.82 Å². The quantitative estimate of drug-likeness (QED) is 0.520. The molecule has 3 aromatic rings. The number of carbonyl (C=O) groups excluding carboxylic acids is 3. The number of halogens is 4. The van der Waals surface area contributed by atoms with Crippen LogP contribution in [0.15, 0.2) is 54.6 Å². The van der Waals surface area contributed by atoms with Gasteiger partial charge in [-0.3, -0.25) is 14.4 Å². The number of fused-ring (bicyclic) bond motifs is 3. The van der Waals surface area contributed by atoms with Crippen molar-refractivity contribution in [3.05, 3.63) is 77.2 Å². The number of rotatable bonds is 3. The van der Waals surface area contributed by atoms with E-state index in [1.54, 1.807) is 35.2 Å². The lowest BCUT2D eigenvalue weighted by Gasteiger charge is -2.44. The zero-order valence-corrected chi connectivity index (χ0v) is 18.9. The second-order valence-corrected chi connectivity index (χ2v) is 8.42. The average molecular weight is 514 g/mol. The van der Waals surface area contributed by atoms with Gasteiger partial charge < -0.3 is 20.4 Å². The van der Waals surface area contributed by atoms with Gasteiger partial charge in [-0.05, 0) is 36.4 Å². The van der Waals surface area contributed by atoms with Crippen LogP contribution in [-0.4, -0.2) is 58.5 Å². The van der Waals surface area contributed by atoms with Gasteiger partial charge in [0.25, 0.3) is 11.8 Å². The summed E-state index contributed by atoms with van der Waals surface area (Å²) in [6.07, 6.45) is -4.86. The normalized spacial score (nSPS) is 17.0. The second kappa shape index (κ2) is 9.15. The fourth-order valence-corrected chi connectivity index (χ4v) is 4.29. The summed E-state index contributed by atoms with van der Waals surface area (Å²) in [5, 5.41) is 13.3. The SMILES string of the molecule is O=C(Nc1ccccc1)c1cc2c(nn1)N1CCN(C(=O)c3cc(F)ccc3C(F)(F)F)CC1C(=O)N2. The predicted octanol–water partition coefficient (Wildman–Crippen LogP) is 3.17. The molecule has 5 rings (SSSR count). The first-order valence-corrected chi connectivity index (χ1v) is 11.1. The van der Waals surface area contributed by atoms with Crippen LogP contribution in [-0.2, 0) is 11.0 Å². The predicted molar refractivity (Wildman–Crippen MR) is 123 cm³/mol. The third-order valence-electron chi connectivity index (χ3n) is 6.06. The van der Waals surface area contributed by atoms with Gasteiger partial charge in [0.05, 0.1) is 23.4 Å². The molecule has 3 amide bonds. The van der Waals surface area contributed by atoms with Gasteiger partial charge in [-0.25, -0.2) is 4.39 Å². The molecule has 2 aliphatic heterocycles. The highest BCUT2D eigenvalue weighted by molar-refractivity contribution is 6.07. The van der Waals surface area contributed by atoms with Gasteiger partial charge in [0.15, 0.2) is 11.5 Å². The standard InChI is InChI=1S/C24H18F4N6O3/c25-13-6-7-16(24(26,27)28)15(10-13)23(37)33-8-9-34-19(12-33)22(36)30-17-11-18(31-32-20(17)34)21(35)29-14-4-2-1-3-5-14/h1-7,10-11,19H,8-9,12H2,(H,29,35)(H,30,36). The van der Waals surface area contributed by atoms with Crippen molar-refractivity contribution in [1.82, 2.24) is 15.1 Å². The lowest BCUT2D eigenvalue weighted by molar-refractivity contribution is -0.138. The van der Waals surface area contributed by atoms with E-state index in [2.05, 4.69) is 20.8 Å². The Labute approximate surface area is 207 Å². The van der Waals surface area contributed by atoms with Crippen LogP contribution in [0.3, 0.4) is 0 Å². The molecule has 0 aliphatic carbocycles. The van der Waals surface area contributed by atoms with Crippen molar-refractivity contribution >= 4 is 34.9 Å². The summed E-state index contributed by atoms with van der Waals surface area (Å²) < 4.78 is 53.9. The largest absolute Gasteiger partial charge is 0.417 e. The number of nitrogens with one attached hydrogen (secondary N) is 2. The minimum absolute atomic E-state index is 0.0408. The van der Waals surface area contributed by atoms with Crippen molar-refractivity contribution in [3.8, 4) is 0 Å². The number of aromatic nitrogens is 2. The molecule has 13 heteroatoms. The number of benzene rings is 2. The van der Waals surface area contributed by atoms with E-state index in [1.807, 2.05) is 0 Å². The Bertz CT molecular complexity index is 1400. The number of amides is 3. The zero-order valence-electron chi connectivity index (χ0n) is 18.9. The molecule has 37 heavy (non-hydrogen) atoms. The highest BCUT2D eigenvalue weighted by Gasteiger charge is 2.42. The fraction of sp³-hybridized carbons (Fsp3) is 0.208. The smallest absolute Gasteiger partial charge is 0.338 e. The van der Waals surface area contributed by atoms with Crippen molar-refractivity contribution in [2.24, 2.45) is 0 Å². The molecule has 2 N–H and O–H groups in total. The van der Waals surface area contributed by atoms with Crippen molar-refractivity contribution in [2.75, 3.05) is 35.2 Å². The van der Waals surface area contributed by atoms with Crippen LogP contribution in [0.25, 0.3) is 0 Å². The van der Waals surface area contributed by atoms with Crippen LogP contribution >= 0.6 is 0 Å². The molecule has 2 aliphatic rings. The molecular formula is C24H18F4N6O3. The summed E-state index contributed by atoms with van der Waals surface area (Å²) in [5.41, 5.74) is -1.35. The van der Waals surface area contributed by atoms with Gasteiger partial charge in [0.1, 0.15) is 11.9 Å². The first-order valence-electron chi connectivity index (χ1n) is 11.1. The molecule has 1 fully saturated rings. The van der Waals surface area contributed by atoms with Gasteiger partial charge in [-0.2, -0.15) is 13.2 Å². The molecule has 0 saturated carbocycles. The van der Waals surface area contributed by atoms with Crippen molar-refractivity contribution in [3.63, 3.8) is 0 Å². The van der Waals surface area contributed by atoms with Gasteiger partial charge in [0, 0.05) is 18.8 Å². The van der Waals surface area contributed by atoms with E-state index in [0.29, 0.717) is 23.9 Å². The number of carbonyl (C=O) groups is 3. The van der Waals surface area contributed by atoms with E-state index in [1.165, 1.54) is 6.07 Å². The van der Waals surface area contributed by atoms with Crippen LogP contribution in [0.2, 0.25) is 0 Å². The Hall–Kier alpha value is -4.55. The van der Waals surface area contributed by atoms with Gasteiger partial charge >= 0.3 is 6.18 Å². The lowest BCUT2D eigenvalue weighted by Crippen LogP contribution is -2.61. The summed E-state index contributed by atoms with van der Waals surface area (Å²) in [6.45, 7) is -0.249. The first kappa shape index (κ1) is 24.2. The van der Waals surface area contributed by atoms with Crippen LogP contribution < -0.4 is 15.5 Å². The zero-order chi connectivity index (χ0) is 26.3. The van der Waals surface area contributed by atoms with Crippen LogP contribution in [0.4, 0.5) is 34.8 Å². The number of para-hydroxylation sites is 1. The highest BCUT2D eigenvalue weighted by atomic mass is 19.4. The van der Waals surface area contributed by atoms with E-state index in [4.69, 9.17) is 0 Å². The van der Waals surface area contributed by atoms with Crippen LogP contribution in [0.5, 0.6) is 0 Å². The van der Waals surface area contributed by atoms with E-state index in [-0.39, 0.29) is 36.8 Å². The number of anilines is 3. The van der Waals surface area contributed by atoms with E-state index in [0.717, 1.165) is 4.90 Å². The summed E-state index contributed by atoms with van der Waals surface area (Å²) in [7, 11) is 0. The maximum Gasteiger partial charge on any atom is 0.417 e. The molecule has 1 atom stereocenters. The minimum atomic E-state index is -4.86. The van der Waals surface area contributed by atoms with E-state index >= 15 is 0 Å². The Balaban J connectivity index is 1.36.